The van der Waals surface area contributed by atoms with Crippen LogP contribution in [0.3, 0.4) is 0 Å². The molecular formula is C25H17FN2O2. The first-order chi connectivity index (χ1) is 14.6. The summed E-state index contributed by atoms with van der Waals surface area (Å²) < 4.78 is 18.7. The van der Waals surface area contributed by atoms with Crippen LogP contribution in [0.15, 0.2) is 89.7 Å². The van der Waals surface area contributed by atoms with Crippen LogP contribution in [-0.2, 0) is 6.61 Å². The van der Waals surface area contributed by atoms with Gasteiger partial charge in [-0.2, -0.15) is 5.26 Å². The zero-order valence-corrected chi connectivity index (χ0v) is 15.9. The fourth-order valence-electron chi connectivity index (χ4n) is 3.15. The van der Waals surface area contributed by atoms with Gasteiger partial charge in [0.1, 0.15) is 29.8 Å². The SMILES string of the molecule is N#Cc1c(-c2ccccc2)cc(-c2ccc(OCc3ccc(F)cc3)cc2)[nH]c1=O. The van der Waals surface area contributed by atoms with E-state index in [1.807, 2.05) is 54.6 Å². The highest BCUT2D eigenvalue weighted by Gasteiger charge is 2.12. The molecule has 5 heteroatoms. The fourth-order valence-corrected chi connectivity index (χ4v) is 3.15. The van der Waals surface area contributed by atoms with Gasteiger partial charge in [0.2, 0.25) is 0 Å². The highest BCUT2D eigenvalue weighted by Crippen LogP contribution is 2.27. The summed E-state index contributed by atoms with van der Waals surface area (Å²) in [4.78, 5) is 15.2. The van der Waals surface area contributed by atoms with E-state index >= 15 is 0 Å². The van der Waals surface area contributed by atoms with Crippen molar-refractivity contribution in [3.05, 3.63) is 112 Å². The zero-order chi connectivity index (χ0) is 20.9. The number of hydrogen-bond acceptors (Lipinski definition) is 3. The molecule has 0 saturated carbocycles. The van der Waals surface area contributed by atoms with Gasteiger partial charge in [-0.15, -0.1) is 0 Å². The van der Waals surface area contributed by atoms with Crippen molar-refractivity contribution in [2.24, 2.45) is 0 Å². The summed E-state index contributed by atoms with van der Waals surface area (Å²) in [6, 6.07) is 26.6. The number of aromatic amines is 1. The molecule has 0 spiro atoms. The molecule has 146 valence electrons. The van der Waals surface area contributed by atoms with Crippen LogP contribution in [0.1, 0.15) is 11.1 Å². The van der Waals surface area contributed by atoms with Crippen LogP contribution in [0.4, 0.5) is 4.39 Å². The number of rotatable bonds is 5. The molecule has 3 aromatic carbocycles. The zero-order valence-electron chi connectivity index (χ0n) is 15.9. The molecule has 0 radical (unpaired) electrons. The summed E-state index contributed by atoms with van der Waals surface area (Å²) in [5.74, 6) is 0.372. The number of pyridine rings is 1. The van der Waals surface area contributed by atoms with Gasteiger partial charge in [0.05, 0.1) is 0 Å². The summed E-state index contributed by atoms with van der Waals surface area (Å²) in [6.07, 6.45) is 0. The molecule has 0 aliphatic carbocycles. The normalized spacial score (nSPS) is 10.4. The molecule has 1 heterocycles. The van der Waals surface area contributed by atoms with E-state index in [1.165, 1.54) is 12.1 Å². The summed E-state index contributed by atoms with van der Waals surface area (Å²) in [6.45, 7) is 0.325. The molecule has 0 amide bonds. The van der Waals surface area contributed by atoms with Crippen LogP contribution in [0.5, 0.6) is 5.75 Å². The second-order valence-corrected chi connectivity index (χ2v) is 6.72. The van der Waals surface area contributed by atoms with Gasteiger partial charge in [0, 0.05) is 11.3 Å². The number of hydrogen-bond donors (Lipinski definition) is 1. The fraction of sp³-hybridized carbons (Fsp3) is 0.0400. The van der Waals surface area contributed by atoms with Crippen LogP contribution in [-0.4, -0.2) is 4.98 Å². The number of nitrogens with zero attached hydrogens (tertiary/aromatic N) is 1. The first kappa shape index (κ1) is 19.2. The molecule has 0 saturated heterocycles. The Bertz CT molecular complexity index is 1260. The first-order valence-electron chi connectivity index (χ1n) is 9.34. The van der Waals surface area contributed by atoms with Crippen LogP contribution in [0, 0.1) is 17.1 Å². The van der Waals surface area contributed by atoms with Gasteiger partial charge in [-0.1, -0.05) is 42.5 Å². The number of benzene rings is 3. The molecule has 0 unspecified atom stereocenters. The van der Waals surface area contributed by atoms with E-state index in [2.05, 4.69) is 4.98 Å². The van der Waals surface area contributed by atoms with Crippen LogP contribution in [0.25, 0.3) is 22.4 Å². The molecule has 4 rings (SSSR count). The third-order valence-electron chi connectivity index (χ3n) is 4.71. The Balaban J connectivity index is 1.60. The Morgan fingerprint density at radius 2 is 1.60 bits per heavy atom. The largest absolute Gasteiger partial charge is 0.489 e. The second-order valence-electron chi connectivity index (χ2n) is 6.72. The van der Waals surface area contributed by atoms with E-state index in [1.54, 1.807) is 24.3 Å². The maximum Gasteiger partial charge on any atom is 0.266 e. The summed E-state index contributed by atoms with van der Waals surface area (Å²) in [7, 11) is 0. The average Bonchev–Trinajstić information content (AvgIpc) is 2.79. The number of nitrogens with one attached hydrogen (secondary N) is 1. The van der Waals surface area contributed by atoms with E-state index in [9.17, 15) is 14.4 Å². The quantitative estimate of drug-likeness (QED) is 0.498. The molecule has 1 aromatic heterocycles. The van der Waals surface area contributed by atoms with Crippen LogP contribution in [0.2, 0.25) is 0 Å². The molecule has 0 aliphatic rings. The standard InChI is InChI=1S/C25H17FN2O2/c26-20-10-6-17(7-11-20)16-30-21-12-8-19(9-13-21)24-14-22(18-4-2-1-3-5-18)23(15-27)25(29)28-24/h1-14H,16H2,(H,28,29). The minimum absolute atomic E-state index is 0.0872. The lowest BCUT2D eigenvalue weighted by atomic mass is 9.99. The highest BCUT2D eigenvalue weighted by molar-refractivity contribution is 5.75. The van der Waals surface area contributed by atoms with Crippen molar-refractivity contribution in [3.8, 4) is 34.2 Å². The Morgan fingerprint density at radius 1 is 0.900 bits per heavy atom. The van der Waals surface area contributed by atoms with E-state index in [4.69, 9.17) is 4.74 Å². The number of halogens is 1. The smallest absolute Gasteiger partial charge is 0.266 e. The predicted octanol–water partition coefficient (Wildman–Crippen LogP) is 5.30. The van der Waals surface area contributed by atoms with Gasteiger partial charge in [-0.3, -0.25) is 4.79 Å². The lowest BCUT2D eigenvalue weighted by Crippen LogP contribution is -2.12. The van der Waals surface area contributed by atoms with Crippen molar-refractivity contribution in [1.82, 2.24) is 4.98 Å². The Kier molecular flexibility index (Phi) is 5.40. The third kappa shape index (κ3) is 4.13. The Morgan fingerprint density at radius 3 is 2.27 bits per heavy atom. The lowest BCUT2D eigenvalue weighted by molar-refractivity contribution is 0.306. The molecule has 4 nitrogen and oxygen atoms in total. The Labute approximate surface area is 172 Å². The van der Waals surface area contributed by atoms with Gasteiger partial charge in [-0.25, -0.2) is 4.39 Å². The second kappa shape index (κ2) is 8.46. The minimum atomic E-state index is -0.425. The van der Waals surface area contributed by atoms with E-state index in [0.29, 0.717) is 23.6 Å². The van der Waals surface area contributed by atoms with Crippen molar-refractivity contribution < 1.29 is 9.13 Å². The van der Waals surface area contributed by atoms with Crippen molar-refractivity contribution in [2.75, 3.05) is 0 Å². The highest BCUT2D eigenvalue weighted by atomic mass is 19.1. The minimum Gasteiger partial charge on any atom is -0.489 e. The summed E-state index contributed by atoms with van der Waals surface area (Å²) >= 11 is 0. The molecule has 0 fully saturated rings. The molecule has 1 N–H and O–H groups in total. The van der Waals surface area contributed by atoms with Crippen LogP contribution >= 0.6 is 0 Å². The maximum atomic E-state index is 13.0. The Hall–Kier alpha value is -4.17. The first-order valence-corrected chi connectivity index (χ1v) is 9.34. The van der Waals surface area contributed by atoms with Crippen molar-refractivity contribution in [1.29, 1.82) is 5.26 Å². The molecule has 30 heavy (non-hydrogen) atoms. The van der Waals surface area contributed by atoms with Crippen LogP contribution < -0.4 is 10.3 Å². The number of ether oxygens (including phenoxy) is 1. The van der Waals surface area contributed by atoms with E-state index < -0.39 is 5.56 Å². The lowest BCUT2D eigenvalue weighted by Gasteiger charge is -2.10. The number of H-pyrrole nitrogens is 1. The van der Waals surface area contributed by atoms with Gasteiger partial charge in [0.15, 0.2) is 0 Å². The van der Waals surface area contributed by atoms with Gasteiger partial charge in [0.25, 0.3) is 5.56 Å². The number of nitriles is 1. The average molecular weight is 396 g/mol. The molecule has 0 atom stereocenters. The monoisotopic (exact) mass is 396 g/mol. The molecule has 0 bridgehead atoms. The topological polar surface area (TPSA) is 65.9 Å². The van der Waals surface area contributed by atoms with E-state index in [0.717, 1.165) is 16.7 Å². The van der Waals surface area contributed by atoms with Crippen molar-refractivity contribution in [2.45, 2.75) is 6.61 Å². The summed E-state index contributed by atoms with van der Waals surface area (Å²) in [5.41, 5.74) is 3.33. The summed E-state index contributed by atoms with van der Waals surface area (Å²) in [5, 5.41) is 9.42. The number of aromatic nitrogens is 1. The predicted molar refractivity (Wildman–Crippen MR) is 113 cm³/mol. The van der Waals surface area contributed by atoms with Crippen molar-refractivity contribution >= 4 is 0 Å². The maximum absolute atomic E-state index is 13.0. The molecular weight excluding hydrogens is 379 g/mol. The van der Waals surface area contributed by atoms with Crippen molar-refractivity contribution in [3.63, 3.8) is 0 Å². The van der Waals surface area contributed by atoms with Gasteiger partial charge >= 0.3 is 0 Å². The molecule has 0 aliphatic heterocycles. The van der Waals surface area contributed by atoms with E-state index in [-0.39, 0.29) is 11.4 Å². The molecule has 4 aromatic rings. The third-order valence-corrected chi connectivity index (χ3v) is 4.71. The van der Waals surface area contributed by atoms with Gasteiger partial charge < -0.3 is 9.72 Å². The van der Waals surface area contributed by atoms with Gasteiger partial charge in [-0.05, 0) is 59.2 Å².